The van der Waals surface area contributed by atoms with Crippen LogP contribution in [-0.4, -0.2) is 22.8 Å². The summed E-state index contributed by atoms with van der Waals surface area (Å²) in [5.74, 6) is 1.25. The average Bonchev–Trinajstić information content (AvgIpc) is 3.31. The summed E-state index contributed by atoms with van der Waals surface area (Å²) in [5.41, 5.74) is 7.67. The van der Waals surface area contributed by atoms with Gasteiger partial charge < -0.3 is 19.9 Å². The summed E-state index contributed by atoms with van der Waals surface area (Å²) in [6, 6.07) is 22.1. The van der Waals surface area contributed by atoms with Crippen molar-refractivity contribution in [3.05, 3.63) is 105 Å². The van der Waals surface area contributed by atoms with E-state index in [1.54, 1.807) is 18.4 Å². The van der Waals surface area contributed by atoms with Gasteiger partial charge in [-0.1, -0.05) is 36.4 Å². The van der Waals surface area contributed by atoms with E-state index >= 15 is 0 Å². The minimum absolute atomic E-state index is 0.183. The Balaban J connectivity index is 1.58. The molecular weight excluding hydrogens is 535 g/mol. The lowest BCUT2D eigenvalue weighted by molar-refractivity contribution is 0.179. The molecule has 0 amide bonds. The second-order valence-corrected chi connectivity index (χ2v) is 12.7. The highest BCUT2D eigenvalue weighted by Crippen LogP contribution is 2.46. The largest absolute Gasteiger partial charge is 0.496 e. The molecule has 0 spiro atoms. The Morgan fingerprint density at radius 3 is 2.45 bits per heavy atom. The zero-order valence-electron chi connectivity index (χ0n) is 23.8. The van der Waals surface area contributed by atoms with Gasteiger partial charge in [0.05, 0.1) is 18.8 Å². The third kappa shape index (κ3) is 5.71. The van der Waals surface area contributed by atoms with Crippen LogP contribution in [0.4, 0.5) is 5.69 Å². The van der Waals surface area contributed by atoms with E-state index in [9.17, 15) is 5.11 Å². The van der Waals surface area contributed by atoms with Crippen LogP contribution < -0.4 is 14.8 Å². The van der Waals surface area contributed by atoms with Crippen LogP contribution in [0.1, 0.15) is 58.9 Å². The lowest BCUT2D eigenvalue weighted by Crippen LogP contribution is -2.32. The fourth-order valence-electron chi connectivity index (χ4n) is 5.54. The quantitative estimate of drug-likeness (QED) is 0.218. The minimum Gasteiger partial charge on any atom is -0.496 e. The smallest absolute Gasteiger partial charge is 0.198 e. The van der Waals surface area contributed by atoms with Crippen molar-refractivity contribution in [1.29, 1.82) is 0 Å². The SMILES string of the molecule is COc1cc(OC(=S)c2ccccc2C)ccc1-c1ccc2c(c1C(O)Cc1ccc(C)s1)C(C)=CC(C)(C)N2. The van der Waals surface area contributed by atoms with Crippen LogP contribution in [0.25, 0.3) is 16.7 Å². The second-order valence-electron chi connectivity index (χ2n) is 10.9. The van der Waals surface area contributed by atoms with E-state index in [1.807, 2.05) is 49.4 Å². The molecule has 3 aromatic carbocycles. The maximum absolute atomic E-state index is 11.8. The minimum atomic E-state index is -0.705. The Kier molecular flexibility index (Phi) is 7.87. The van der Waals surface area contributed by atoms with Gasteiger partial charge >= 0.3 is 0 Å². The van der Waals surface area contributed by atoms with Crippen molar-refractivity contribution in [3.63, 3.8) is 0 Å². The van der Waals surface area contributed by atoms with Gasteiger partial charge in [-0.15, -0.1) is 11.3 Å². The van der Waals surface area contributed by atoms with Crippen LogP contribution >= 0.6 is 23.6 Å². The zero-order valence-corrected chi connectivity index (χ0v) is 25.4. The monoisotopic (exact) mass is 569 g/mol. The molecule has 2 heterocycles. The molecule has 0 radical (unpaired) electrons. The van der Waals surface area contributed by atoms with E-state index in [0.29, 0.717) is 23.0 Å². The normalized spacial score (nSPS) is 14.5. The Morgan fingerprint density at radius 1 is 1.00 bits per heavy atom. The molecule has 1 aliphatic rings. The molecule has 2 N–H and O–H groups in total. The molecule has 0 saturated carbocycles. The second kappa shape index (κ2) is 11.2. The van der Waals surface area contributed by atoms with Crippen LogP contribution in [0.5, 0.6) is 11.5 Å². The molecular formula is C34H35NO3S2. The number of anilines is 1. The number of rotatable bonds is 7. The highest BCUT2D eigenvalue weighted by Gasteiger charge is 2.29. The topological polar surface area (TPSA) is 50.7 Å². The van der Waals surface area contributed by atoms with Crippen molar-refractivity contribution in [2.45, 2.75) is 52.7 Å². The lowest BCUT2D eigenvalue weighted by Gasteiger charge is -2.34. The first-order valence-electron chi connectivity index (χ1n) is 13.4. The van der Waals surface area contributed by atoms with Crippen molar-refractivity contribution in [2.24, 2.45) is 0 Å². The molecule has 0 aliphatic carbocycles. The summed E-state index contributed by atoms with van der Waals surface area (Å²) < 4.78 is 12.0. The predicted molar refractivity (Wildman–Crippen MR) is 171 cm³/mol. The molecule has 5 rings (SSSR count). The number of aliphatic hydroxyl groups is 1. The number of nitrogens with one attached hydrogen (secondary N) is 1. The average molecular weight is 570 g/mol. The number of hydrogen-bond acceptors (Lipinski definition) is 6. The predicted octanol–water partition coefficient (Wildman–Crippen LogP) is 8.68. The summed E-state index contributed by atoms with van der Waals surface area (Å²) in [4.78, 5) is 2.39. The Morgan fingerprint density at radius 2 is 1.75 bits per heavy atom. The molecule has 4 nitrogen and oxygen atoms in total. The van der Waals surface area contributed by atoms with E-state index in [-0.39, 0.29) is 5.54 Å². The molecule has 1 unspecified atom stereocenters. The number of fused-ring (bicyclic) bond motifs is 1. The van der Waals surface area contributed by atoms with Crippen molar-refractivity contribution >= 4 is 39.9 Å². The molecule has 0 fully saturated rings. The lowest BCUT2D eigenvalue weighted by atomic mass is 9.82. The molecule has 40 heavy (non-hydrogen) atoms. The molecule has 206 valence electrons. The number of aliphatic hydroxyl groups excluding tert-OH is 1. The number of allylic oxidation sites excluding steroid dienone is 1. The standard InChI is InChI=1S/C34H35NO3S2/c1-20-9-7-8-10-25(20)33(39)38-23-12-14-26(30(17-23)37-6)27-15-16-28-31(21(2)19-34(4,5)35-28)32(27)29(36)18-24-13-11-22(3)40-24/h7-17,19,29,35-36H,18H2,1-6H3. The van der Waals surface area contributed by atoms with Gasteiger partial charge in [0.1, 0.15) is 11.5 Å². The molecule has 1 atom stereocenters. The molecule has 0 saturated heterocycles. The van der Waals surface area contributed by atoms with E-state index in [2.05, 4.69) is 63.4 Å². The first-order valence-corrected chi connectivity index (χ1v) is 14.6. The van der Waals surface area contributed by atoms with E-state index < -0.39 is 6.10 Å². The first-order chi connectivity index (χ1) is 19.1. The van der Waals surface area contributed by atoms with Crippen LogP contribution in [0.3, 0.4) is 0 Å². The number of thiocarbonyl (C=S) groups is 1. The van der Waals surface area contributed by atoms with E-state index in [0.717, 1.165) is 49.5 Å². The van der Waals surface area contributed by atoms with Gasteiger partial charge in [0.2, 0.25) is 0 Å². The number of aryl methyl sites for hydroxylation is 2. The summed E-state index contributed by atoms with van der Waals surface area (Å²) in [6.45, 7) is 10.5. The fraction of sp³-hybridized carbons (Fsp3) is 0.265. The molecule has 1 aromatic heterocycles. The maximum atomic E-state index is 11.8. The van der Waals surface area contributed by atoms with Crippen LogP contribution in [0.2, 0.25) is 0 Å². The number of methoxy groups -OCH3 is 1. The third-order valence-corrected chi connectivity index (χ3v) is 8.56. The van der Waals surface area contributed by atoms with Crippen LogP contribution in [0, 0.1) is 13.8 Å². The fourth-order valence-corrected chi connectivity index (χ4v) is 6.79. The highest BCUT2D eigenvalue weighted by atomic mass is 32.1. The van der Waals surface area contributed by atoms with Crippen LogP contribution in [-0.2, 0) is 6.42 Å². The first kappa shape index (κ1) is 28.1. The van der Waals surface area contributed by atoms with Gasteiger partial charge in [-0.2, -0.15) is 0 Å². The third-order valence-electron chi connectivity index (χ3n) is 7.24. The van der Waals surface area contributed by atoms with Gasteiger partial charge in [-0.3, -0.25) is 0 Å². The molecule has 6 heteroatoms. The van der Waals surface area contributed by atoms with E-state index in [1.165, 1.54) is 4.88 Å². The highest BCUT2D eigenvalue weighted by molar-refractivity contribution is 7.80. The van der Waals surface area contributed by atoms with Gasteiger partial charge in [-0.05, 0) is 99.4 Å². The van der Waals surface area contributed by atoms with Gasteiger partial charge in [-0.25, -0.2) is 0 Å². The van der Waals surface area contributed by atoms with Crippen molar-refractivity contribution in [2.75, 3.05) is 12.4 Å². The number of hydrogen-bond donors (Lipinski definition) is 2. The summed E-state index contributed by atoms with van der Waals surface area (Å²) in [7, 11) is 1.65. The van der Waals surface area contributed by atoms with Crippen molar-refractivity contribution in [1.82, 2.24) is 0 Å². The zero-order chi connectivity index (χ0) is 28.6. The van der Waals surface area contributed by atoms with Gasteiger partial charge in [0.15, 0.2) is 5.05 Å². The number of benzene rings is 3. The Hall–Kier alpha value is -3.45. The molecule has 0 bridgehead atoms. The van der Waals surface area contributed by atoms with Crippen molar-refractivity contribution in [3.8, 4) is 22.6 Å². The van der Waals surface area contributed by atoms with Crippen molar-refractivity contribution < 1.29 is 14.6 Å². The summed E-state index contributed by atoms with van der Waals surface area (Å²) in [5, 5.41) is 15.8. The van der Waals surface area contributed by atoms with Crippen LogP contribution in [0.15, 0.2) is 72.8 Å². The maximum Gasteiger partial charge on any atom is 0.198 e. The van der Waals surface area contributed by atoms with Gasteiger partial charge in [0, 0.05) is 44.6 Å². The number of thiophene rings is 1. The Bertz CT molecular complexity index is 1620. The summed E-state index contributed by atoms with van der Waals surface area (Å²) in [6.07, 6.45) is 2.06. The summed E-state index contributed by atoms with van der Waals surface area (Å²) >= 11 is 7.33. The molecule has 4 aromatic rings. The Labute approximate surface area is 246 Å². The van der Waals surface area contributed by atoms with E-state index in [4.69, 9.17) is 21.7 Å². The number of ether oxygens (including phenoxy) is 2. The van der Waals surface area contributed by atoms with Gasteiger partial charge in [0.25, 0.3) is 0 Å². The molecule has 1 aliphatic heterocycles.